The van der Waals surface area contributed by atoms with E-state index in [0.717, 1.165) is 38.2 Å². The minimum atomic E-state index is -0.300. The molecule has 0 saturated carbocycles. The summed E-state index contributed by atoms with van der Waals surface area (Å²) in [5, 5.41) is 3.19. The maximum Gasteiger partial charge on any atom is 0.227 e. The van der Waals surface area contributed by atoms with Crippen LogP contribution in [0.15, 0.2) is 54.6 Å². The first-order valence-electron chi connectivity index (χ1n) is 10.6. The lowest BCUT2D eigenvalue weighted by atomic mass is 10.0. The number of nitrogens with one attached hydrogen (secondary N) is 1. The van der Waals surface area contributed by atoms with Crippen LogP contribution in [0.25, 0.3) is 0 Å². The Hall–Kier alpha value is -2.86. The summed E-state index contributed by atoms with van der Waals surface area (Å²) in [6.45, 7) is 3.32. The van der Waals surface area contributed by atoms with E-state index in [1.54, 1.807) is 12.0 Å². The average molecular weight is 408 g/mol. The monoisotopic (exact) mass is 407 g/mol. The Bertz CT molecular complexity index is 878. The Balaban J connectivity index is 1.27. The Labute approximate surface area is 177 Å². The fourth-order valence-electron chi connectivity index (χ4n) is 4.31. The van der Waals surface area contributed by atoms with Gasteiger partial charge in [0.25, 0.3) is 0 Å². The number of anilines is 1. The van der Waals surface area contributed by atoms with Gasteiger partial charge in [-0.2, -0.15) is 0 Å². The molecule has 4 rings (SSSR count). The van der Waals surface area contributed by atoms with Crippen molar-refractivity contribution in [1.82, 2.24) is 10.2 Å². The van der Waals surface area contributed by atoms with Gasteiger partial charge in [0.05, 0.1) is 13.0 Å². The van der Waals surface area contributed by atoms with Crippen LogP contribution in [0.3, 0.4) is 0 Å². The van der Waals surface area contributed by atoms with Crippen molar-refractivity contribution in [2.75, 3.05) is 31.6 Å². The fourth-order valence-corrected chi connectivity index (χ4v) is 4.31. The number of methoxy groups -OCH3 is 1. The van der Waals surface area contributed by atoms with Crippen molar-refractivity contribution in [3.63, 3.8) is 0 Å². The lowest BCUT2D eigenvalue weighted by molar-refractivity contribution is -0.127. The number of likely N-dealkylation sites (tertiary alicyclic amines) is 1. The first-order chi connectivity index (χ1) is 14.6. The second-order valence-corrected chi connectivity index (χ2v) is 8.15. The summed E-state index contributed by atoms with van der Waals surface area (Å²) in [4.78, 5) is 29.4. The van der Waals surface area contributed by atoms with Gasteiger partial charge in [-0.25, -0.2) is 0 Å². The lowest BCUT2D eigenvalue weighted by Crippen LogP contribution is -2.46. The van der Waals surface area contributed by atoms with Gasteiger partial charge in [-0.05, 0) is 30.5 Å². The van der Waals surface area contributed by atoms with Crippen LogP contribution in [-0.2, 0) is 16.1 Å². The molecule has 2 aromatic carbocycles. The first-order valence-corrected chi connectivity index (χ1v) is 10.6. The van der Waals surface area contributed by atoms with Gasteiger partial charge in [0, 0.05) is 50.4 Å². The van der Waals surface area contributed by atoms with Crippen LogP contribution in [-0.4, -0.2) is 49.5 Å². The number of benzene rings is 2. The van der Waals surface area contributed by atoms with Crippen molar-refractivity contribution in [3.05, 3.63) is 60.2 Å². The summed E-state index contributed by atoms with van der Waals surface area (Å²) in [7, 11) is 1.60. The van der Waals surface area contributed by atoms with E-state index in [0.29, 0.717) is 12.3 Å². The molecule has 2 aromatic rings. The summed E-state index contributed by atoms with van der Waals surface area (Å²) in [6.07, 6.45) is 2.15. The minimum absolute atomic E-state index is 0.00439. The molecule has 2 fully saturated rings. The molecule has 30 heavy (non-hydrogen) atoms. The standard InChI is InChI=1S/C24H29N3O3/c1-30-22-9-5-8-21(15-22)27-17-19(14-23(27)28)24(29)25-20-10-12-26(13-11-20)16-18-6-3-2-4-7-18/h2-9,15,19-20H,10-14,16-17H2,1H3,(H,25,29). The molecule has 2 heterocycles. The Morgan fingerprint density at radius 2 is 1.87 bits per heavy atom. The van der Waals surface area contributed by atoms with Crippen LogP contribution in [0, 0.1) is 5.92 Å². The van der Waals surface area contributed by atoms with Crippen molar-refractivity contribution in [1.29, 1.82) is 0 Å². The van der Waals surface area contributed by atoms with Crippen LogP contribution in [0.4, 0.5) is 5.69 Å². The normalized spacial score (nSPS) is 20.4. The second kappa shape index (κ2) is 9.30. The van der Waals surface area contributed by atoms with E-state index in [1.165, 1.54) is 5.56 Å². The van der Waals surface area contributed by atoms with Gasteiger partial charge in [-0.3, -0.25) is 14.5 Å². The molecule has 158 valence electrons. The van der Waals surface area contributed by atoms with Gasteiger partial charge in [0.2, 0.25) is 11.8 Å². The number of nitrogens with zero attached hydrogens (tertiary/aromatic N) is 2. The summed E-state index contributed by atoms with van der Waals surface area (Å²) in [6, 6.07) is 18.1. The van der Waals surface area contributed by atoms with Crippen LogP contribution in [0.5, 0.6) is 5.75 Å². The molecule has 6 nitrogen and oxygen atoms in total. The van der Waals surface area contributed by atoms with E-state index in [-0.39, 0.29) is 30.2 Å². The third-order valence-electron chi connectivity index (χ3n) is 6.04. The van der Waals surface area contributed by atoms with Crippen LogP contribution < -0.4 is 15.0 Å². The van der Waals surface area contributed by atoms with E-state index in [4.69, 9.17) is 4.74 Å². The topological polar surface area (TPSA) is 61.9 Å². The number of hydrogen-bond acceptors (Lipinski definition) is 4. The van der Waals surface area contributed by atoms with Gasteiger partial charge < -0.3 is 15.0 Å². The highest BCUT2D eigenvalue weighted by Crippen LogP contribution is 2.28. The molecule has 2 aliphatic heterocycles. The highest BCUT2D eigenvalue weighted by atomic mass is 16.5. The van der Waals surface area contributed by atoms with Gasteiger partial charge >= 0.3 is 0 Å². The SMILES string of the molecule is COc1cccc(N2CC(C(=O)NC3CCN(Cc4ccccc4)CC3)CC2=O)c1. The quantitative estimate of drug-likeness (QED) is 0.800. The highest BCUT2D eigenvalue weighted by molar-refractivity contribution is 6.00. The maximum atomic E-state index is 12.8. The summed E-state index contributed by atoms with van der Waals surface area (Å²) in [5.41, 5.74) is 2.10. The van der Waals surface area contributed by atoms with Crippen LogP contribution in [0.1, 0.15) is 24.8 Å². The Morgan fingerprint density at radius 3 is 2.60 bits per heavy atom. The molecule has 2 saturated heterocycles. The van der Waals surface area contributed by atoms with Crippen molar-refractivity contribution in [2.45, 2.75) is 31.8 Å². The molecule has 0 radical (unpaired) electrons. The number of amides is 2. The van der Waals surface area contributed by atoms with Crippen molar-refractivity contribution in [3.8, 4) is 5.75 Å². The van der Waals surface area contributed by atoms with Gasteiger partial charge in [0.1, 0.15) is 5.75 Å². The number of ether oxygens (including phenoxy) is 1. The molecular formula is C24H29N3O3. The molecule has 2 amide bonds. The number of carbonyl (C=O) groups is 2. The number of piperidine rings is 1. The van der Waals surface area contributed by atoms with E-state index < -0.39 is 0 Å². The fraction of sp³-hybridized carbons (Fsp3) is 0.417. The molecule has 0 aliphatic carbocycles. The van der Waals surface area contributed by atoms with E-state index in [9.17, 15) is 9.59 Å². The molecule has 0 aromatic heterocycles. The molecule has 0 bridgehead atoms. The van der Waals surface area contributed by atoms with Crippen molar-refractivity contribution >= 4 is 17.5 Å². The highest BCUT2D eigenvalue weighted by Gasteiger charge is 2.36. The van der Waals surface area contributed by atoms with Crippen LogP contribution in [0.2, 0.25) is 0 Å². The predicted octanol–water partition coefficient (Wildman–Crippen LogP) is 2.83. The van der Waals surface area contributed by atoms with E-state index in [2.05, 4.69) is 34.5 Å². The minimum Gasteiger partial charge on any atom is -0.497 e. The summed E-state index contributed by atoms with van der Waals surface area (Å²) < 4.78 is 5.25. The molecule has 1 N–H and O–H groups in total. The molecule has 2 aliphatic rings. The predicted molar refractivity (Wildman–Crippen MR) is 116 cm³/mol. The third kappa shape index (κ3) is 4.82. The number of hydrogen-bond donors (Lipinski definition) is 1. The second-order valence-electron chi connectivity index (χ2n) is 8.15. The molecule has 1 unspecified atom stereocenters. The van der Waals surface area contributed by atoms with Gasteiger partial charge in [0.15, 0.2) is 0 Å². The van der Waals surface area contributed by atoms with Crippen molar-refractivity contribution < 1.29 is 14.3 Å². The Kier molecular flexibility index (Phi) is 6.33. The molecule has 6 heteroatoms. The van der Waals surface area contributed by atoms with E-state index in [1.807, 2.05) is 30.3 Å². The first kappa shape index (κ1) is 20.4. The smallest absolute Gasteiger partial charge is 0.227 e. The lowest BCUT2D eigenvalue weighted by Gasteiger charge is -2.32. The zero-order valence-corrected chi connectivity index (χ0v) is 17.4. The Morgan fingerprint density at radius 1 is 1.10 bits per heavy atom. The third-order valence-corrected chi connectivity index (χ3v) is 6.04. The zero-order valence-electron chi connectivity index (χ0n) is 17.4. The summed E-state index contributed by atoms with van der Waals surface area (Å²) >= 11 is 0. The molecule has 0 spiro atoms. The van der Waals surface area contributed by atoms with Crippen LogP contribution >= 0.6 is 0 Å². The van der Waals surface area contributed by atoms with Crippen molar-refractivity contribution in [2.24, 2.45) is 5.92 Å². The molecule has 1 atom stereocenters. The van der Waals surface area contributed by atoms with Gasteiger partial charge in [-0.1, -0.05) is 36.4 Å². The maximum absolute atomic E-state index is 12.8. The zero-order chi connectivity index (χ0) is 20.9. The van der Waals surface area contributed by atoms with Gasteiger partial charge in [-0.15, -0.1) is 0 Å². The molecular weight excluding hydrogens is 378 g/mol. The summed E-state index contributed by atoms with van der Waals surface area (Å²) in [5.74, 6) is 0.387. The average Bonchev–Trinajstić information content (AvgIpc) is 3.18. The van der Waals surface area contributed by atoms with E-state index >= 15 is 0 Å². The number of carbonyl (C=O) groups excluding carboxylic acids is 2. The number of rotatable bonds is 6. The largest absolute Gasteiger partial charge is 0.497 e.